The maximum absolute atomic E-state index is 12.1. The summed E-state index contributed by atoms with van der Waals surface area (Å²) < 4.78 is 1.02. The van der Waals surface area contributed by atoms with Gasteiger partial charge in [-0.1, -0.05) is 59.6 Å². The van der Waals surface area contributed by atoms with E-state index in [2.05, 4.69) is 43.4 Å². The summed E-state index contributed by atoms with van der Waals surface area (Å²) in [6, 6.07) is 8.18. The fourth-order valence-electron chi connectivity index (χ4n) is 2.96. The average Bonchev–Trinajstić information content (AvgIpc) is 3.05. The van der Waals surface area contributed by atoms with Crippen molar-refractivity contribution in [2.24, 2.45) is 5.92 Å². The molecular weight excluding hydrogens is 388 g/mol. The number of H-pyrrole nitrogens is 1. The van der Waals surface area contributed by atoms with Crippen molar-refractivity contribution < 1.29 is 4.79 Å². The Morgan fingerprint density at radius 2 is 2.08 bits per heavy atom. The van der Waals surface area contributed by atoms with E-state index in [0.717, 1.165) is 16.5 Å². The van der Waals surface area contributed by atoms with E-state index < -0.39 is 0 Å². The van der Waals surface area contributed by atoms with Gasteiger partial charge in [0.25, 0.3) is 0 Å². The summed E-state index contributed by atoms with van der Waals surface area (Å²) >= 11 is 4.78. The third-order valence-electron chi connectivity index (χ3n) is 4.37. The van der Waals surface area contributed by atoms with Crippen molar-refractivity contribution in [3.63, 3.8) is 0 Å². The van der Waals surface area contributed by atoms with Crippen LogP contribution in [0.25, 0.3) is 11.4 Å². The molecule has 0 bridgehead atoms. The van der Waals surface area contributed by atoms with Crippen molar-refractivity contribution in [2.75, 3.05) is 5.75 Å². The number of benzene rings is 1. The van der Waals surface area contributed by atoms with Gasteiger partial charge in [0.1, 0.15) is 0 Å². The van der Waals surface area contributed by atoms with E-state index in [1.165, 1.54) is 31.0 Å². The largest absolute Gasteiger partial charge is 0.352 e. The number of amides is 1. The van der Waals surface area contributed by atoms with Gasteiger partial charge in [-0.2, -0.15) is 0 Å². The minimum absolute atomic E-state index is 0.0636. The molecule has 7 heteroatoms. The second-order valence-electron chi connectivity index (χ2n) is 6.20. The molecule has 1 amide bonds. The van der Waals surface area contributed by atoms with Gasteiger partial charge in [0.15, 0.2) is 5.82 Å². The predicted molar refractivity (Wildman–Crippen MR) is 99.8 cm³/mol. The maximum Gasteiger partial charge on any atom is 0.230 e. The molecule has 2 atom stereocenters. The first-order chi connectivity index (χ1) is 11.6. The topological polar surface area (TPSA) is 70.7 Å². The molecule has 5 nitrogen and oxygen atoms in total. The molecule has 1 aliphatic rings. The molecule has 128 valence electrons. The number of nitrogens with zero attached hydrogens (tertiary/aromatic N) is 2. The first-order valence-corrected chi connectivity index (χ1v) is 10.00. The van der Waals surface area contributed by atoms with Gasteiger partial charge in [0.2, 0.25) is 11.1 Å². The molecule has 1 aromatic heterocycles. The van der Waals surface area contributed by atoms with Crippen LogP contribution in [0.4, 0.5) is 0 Å². The summed E-state index contributed by atoms with van der Waals surface area (Å²) in [6.07, 6.45) is 4.78. The van der Waals surface area contributed by atoms with E-state index >= 15 is 0 Å². The van der Waals surface area contributed by atoms with Crippen LogP contribution in [0.5, 0.6) is 0 Å². The highest BCUT2D eigenvalue weighted by Crippen LogP contribution is 2.24. The standard InChI is InChI=1S/C17H21BrN4OS/c1-11-4-2-3-5-14(11)19-15(23)10-24-17-20-16(21-22-17)12-6-8-13(18)9-7-12/h6-9,11,14H,2-5,10H2,1H3,(H,19,23)(H,20,21,22). The lowest BCUT2D eigenvalue weighted by atomic mass is 9.86. The Bertz CT molecular complexity index is 688. The lowest BCUT2D eigenvalue weighted by Crippen LogP contribution is -2.41. The van der Waals surface area contributed by atoms with Crippen LogP contribution in [-0.2, 0) is 4.79 Å². The highest BCUT2D eigenvalue weighted by molar-refractivity contribution is 9.10. The van der Waals surface area contributed by atoms with E-state index in [-0.39, 0.29) is 5.91 Å². The van der Waals surface area contributed by atoms with Crippen molar-refractivity contribution in [1.29, 1.82) is 0 Å². The minimum Gasteiger partial charge on any atom is -0.352 e. The molecule has 0 radical (unpaired) electrons. The van der Waals surface area contributed by atoms with Gasteiger partial charge in [0, 0.05) is 16.1 Å². The van der Waals surface area contributed by atoms with Crippen LogP contribution in [0.1, 0.15) is 32.6 Å². The van der Waals surface area contributed by atoms with Crippen LogP contribution >= 0.6 is 27.7 Å². The lowest BCUT2D eigenvalue weighted by Gasteiger charge is -2.29. The molecule has 1 fully saturated rings. The molecule has 2 unspecified atom stereocenters. The van der Waals surface area contributed by atoms with Crippen molar-refractivity contribution in [3.05, 3.63) is 28.7 Å². The van der Waals surface area contributed by atoms with E-state index in [0.29, 0.717) is 28.7 Å². The number of hydrogen-bond donors (Lipinski definition) is 2. The highest BCUT2D eigenvalue weighted by atomic mass is 79.9. The van der Waals surface area contributed by atoms with Crippen LogP contribution in [0.15, 0.2) is 33.9 Å². The Kier molecular flexibility index (Phi) is 5.94. The summed E-state index contributed by atoms with van der Waals surface area (Å²) in [4.78, 5) is 16.6. The Morgan fingerprint density at radius 3 is 2.83 bits per heavy atom. The molecular formula is C17H21BrN4OS. The number of thioether (sulfide) groups is 1. The SMILES string of the molecule is CC1CCCCC1NC(=O)CSc1n[nH]c(-c2ccc(Br)cc2)n1. The Morgan fingerprint density at radius 1 is 1.33 bits per heavy atom. The van der Waals surface area contributed by atoms with E-state index in [1.54, 1.807) is 0 Å². The van der Waals surface area contributed by atoms with E-state index in [1.807, 2.05) is 24.3 Å². The molecule has 2 N–H and O–H groups in total. The van der Waals surface area contributed by atoms with Crippen molar-refractivity contribution in [1.82, 2.24) is 20.5 Å². The van der Waals surface area contributed by atoms with Crippen LogP contribution < -0.4 is 5.32 Å². The fourth-order valence-corrected chi connectivity index (χ4v) is 3.83. The lowest BCUT2D eigenvalue weighted by molar-refractivity contribution is -0.119. The molecule has 0 aliphatic heterocycles. The Balaban J connectivity index is 1.51. The normalized spacial score (nSPS) is 20.8. The zero-order chi connectivity index (χ0) is 16.9. The van der Waals surface area contributed by atoms with Crippen molar-refractivity contribution in [2.45, 2.75) is 43.8 Å². The second-order valence-corrected chi connectivity index (χ2v) is 8.06. The molecule has 3 rings (SSSR count). The first-order valence-electron chi connectivity index (χ1n) is 8.22. The molecule has 0 spiro atoms. The average molecular weight is 409 g/mol. The molecule has 1 aliphatic carbocycles. The zero-order valence-electron chi connectivity index (χ0n) is 13.6. The van der Waals surface area contributed by atoms with Gasteiger partial charge in [-0.05, 0) is 30.9 Å². The molecule has 1 heterocycles. The number of aromatic nitrogens is 3. The number of halogens is 1. The van der Waals surface area contributed by atoms with Gasteiger partial charge >= 0.3 is 0 Å². The molecule has 1 saturated carbocycles. The van der Waals surface area contributed by atoms with Gasteiger partial charge in [-0.3, -0.25) is 9.89 Å². The smallest absolute Gasteiger partial charge is 0.230 e. The van der Waals surface area contributed by atoms with E-state index in [9.17, 15) is 4.79 Å². The number of carbonyl (C=O) groups excluding carboxylic acids is 1. The number of carbonyl (C=O) groups is 1. The van der Waals surface area contributed by atoms with Crippen LogP contribution in [0.3, 0.4) is 0 Å². The third kappa shape index (κ3) is 4.60. The molecule has 2 aromatic rings. The van der Waals surface area contributed by atoms with Gasteiger partial charge in [-0.25, -0.2) is 4.98 Å². The summed E-state index contributed by atoms with van der Waals surface area (Å²) in [5.74, 6) is 1.70. The second kappa shape index (κ2) is 8.16. The van der Waals surface area contributed by atoms with Crippen LogP contribution in [0.2, 0.25) is 0 Å². The van der Waals surface area contributed by atoms with E-state index in [4.69, 9.17) is 0 Å². The third-order valence-corrected chi connectivity index (χ3v) is 5.75. The van der Waals surface area contributed by atoms with Crippen molar-refractivity contribution in [3.8, 4) is 11.4 Å². The highest BCUT2D eigenvalue weighted by Gasteiger charge is 2.22. The molecule has 0 saturated heterocycles. The number of hydrogen-bond acceptors (Lipinski definition) is 4. The zero-order valence-corrected chi connectivity index (χ0v) is 16.0. The first kappa shape index (κ1) is 17.5. The van der Waals surface area contributed by atoms with Crippen LogP contribution in [-0.4, -0.2) is 32.9 Å². The Labute approximate surface area is 154 Å². The minimum atomic E-state index is 0.0636. The monoisotopic (exact) mass is 408 g/mol. The fraction of sp³-hybridized carbons (Fsp3) is 0.471. The van der Waals surface area contributed by atoms with Gasteiger partial charge in [-0.15, -0.1) is 5.10 Å². The summed E-state index contributed by atoms with van der Waals surface area (Å²) in [7, 11) is 0. The number of aromatic amines is 1. The molecule has 24 heavy (non-hydrogen) atoms. The summed E-state index contributed by atoms with van der Waals surface area (Å²) in [5.41, 5.74) is 0.970. The molecule has 1 aromatic carbocycles. The van der Waals surface area contributed by atoms with Crippen LogP contribution in [0, 0.1) is 5.92 Å². The quantitative estimate of drug-likeness (QED) is 0.732. The number of nitrogens with one attached hydrogen (secondary N) is 2. The van der Waals surface area contributed by atoms with Gasteiger partial charge in [0.05, 0.1) is 5.75 Å². The summed E-state index contributed by atoms with van der Waals surface area (Å²) in [6.45, 7) is 2.22. The van der Waals surface area contributed by atoms with Gasteiger partial charge < -0.3 is 5.32 Å². The Hall–Kier alpha value is -1.34. The predicted octanol–water partition coefficient (Wildman–Crippen LogP) is 4.02. The van der Waals surface area contributed by atoms with Crippen molar-refractivity contribution >= 4 is 33.6 Å². The number of rotatable bonds is 5. The maximum atomic E-state index is 12.1. The summed E-state index contributed by atoms with van der Waals surface area (Å²) in [5, 5.41) is 10.9.